The summed E-state index contributed by atoms with van der Waals surface area (Å²) >= 11 is 0. The molecule has 2 aromatic rings. The van der Waals surface area contributed by atoms with Gasteiger partial charge in [-0.2, -0.15) is 0 Å². The maximum absolute atomic E-state index is 14.3. The number of piperazine rings is 1. The number of anilines is 1. The average Bonchev–Trinajstić information content (AvgIpc) is 3.32. The number of Topliss-reactive ketones (excluding diaryl/α,β-unsaturated/α-hetero) is 2. The number of carbonyl (C=O) groups is 2. The second kappa shape index (κ2) is 20.4. The van der Waals surface area contributed by atoms with Crippen molar-refractivity contribution in [3.8, 4) is 11.1 Å². The number of allylic oxidation sites excluding steroid dienone is 4. The Hall–Kier alpha value is -3.10. The van der Waals surface area contributed by atoms with E-state index < -0.39 is 0 Å². The molecule has 8 bridgehead atoms. The second-order valence-corrected chi connectivity index (χ2v) is 25.5. The summed E-state index contributed by atoms with van der Waals surface area (Å²) in [7, 11) is 0. The smallest absolute Gasteiger partial charge is 0.163 e. The Labute approximate surface area is 417 Å². The molecule has 0 aromatic heterocycles. The van der Waals surface area contributed by atoms with Crippen molar-refractivity contribution in [3.05, 3.63) is 75.9 Å². The molecule has 2 heterocycles. The Morgan fingerprint density at radius 1 is 0.710 bits per heavy atom. The van der Waals surface area contributed by atoms with Crippen LogP contribution in [0, 0.1) is 53.3 Å². The van der Waals surface area contributed by atoms with Crippen LogP contribution in [0.15, 0.2) is 59.2 Å². The van der Waals surface area contributed by atoms with E-state index in [9.17, 15) is 9.59 Å². The van der Waals surface area contributed by atoms with E-state index in [1.807, 2.05) is 13.8 Å². The van der Waals surface area contributed by atoms with Crippen LogP contribution in [0.4, 0.5) is 5.69 Å². The number of benzene rings is 2. The molecule has 11 aliphatic rings. The second-order valence-electron chi connectivity index (χ2n) is 25.5. The van der Waals surface area contributed by atoms with Crippen molar-refractivity contribution in [2.24, 2.45) is 46.3 Å². The van der Waals surface area contributed by atoms with Crippen LogP contribution in [-0.2, 0) is 16.1 Å². The molecule has 7 heteroatoms. The summed E-state index contributed by atoms with van der Waals surface area (Å²) in [6, 6.07) is 14.1. The summed E-state index contributed by atoms with van der Waals surface area (Å²) in [5.41, 5.74) is 10.9. The maximum atomic E-state index is 14.3. The van der Waals surface area contributed by atoms with Gasteiger partial charge in [0.05, 0.1) is 0 Å². The van der Waals surface area contributed by atoms with Gasteiger partial charge in [0, 0.05) is 95.7 Å². The van der Waals surface area contributed by atoms with Crippen LogP contribution >= 0.6 is 0 Å². The standard InChI is InChI=1S/C62H88N4O3/c1-5-66(55-12-24-69-25-13-55)58-35-54(34-57(45(58)4)59(67)11-10-56-44(3)26-43(2)27-60(56)68)53-8-6-46(7-9-53)42-65-22-20-64(21-23-65)19-18-63(16-14-61-36-47-28-48(37-61)30-49(29-47)38-61)17-15-62-39-50-31-51(40-62)33-52(32-50)41-62/h6-9,26,34-35,47-52,55H,5,10-25,27-33,36-42H2,1-4H3. The minimum absolute atomic E-state index is 0.122. The number of ketones is 2. The van der Waals surface area contributed by atoms with Crippen molar-refractivity contribution in [3.63, 3.8) is 0 Å². The van der Waals surface area contributed by atoms with Crippen molar-refractivity contribution < 1.29 is 14.3 Å². The number of ether oxygens (including phenoxy) is 1. The Morgan fingerprint density at radius 3 is 1.80 bits per heavy atom. The summed E-state index contributed by atoms with van der Waals surface area (Å²) in [5, 5.41) is 0. The molecule has 0 atom stereocenters. The highest BCUT2D eigenvalue weighted by Crippen LogP contribution is 2.63. The van der Waals surface area contributed by atoms with Gasteiger partial charge in [0.1, 0.15) is 0 Å². The fourth-order valence-corrected chi connectivity index (χ4v) is 17.7. The number of nitrogens with zero attached hydrogens (tertiary/aromatic N) is 4. The summed E-state index contributed by atoms with van der Waals surface area (Å²) in [6.45, 7) is 21.6. The predicted octanol–water partition coefficient (Wildman–Crippen LogP) is 12.5. The van der Waals surface area contributed by atoms with Gasteiger partial charge in [-0.15, -0.1) is 0 Å². The first-order valence-electron chi connectivity index (χ1n) is 28.7. The number of rotatable bonds is 19. The first kappa shape index (κ1) is 48.2. The minimum atomic E-state index is 0.122. The van der Waals surface area contributed by atoms with E-state index in [1.54, 1.807) is 77.0 Å². The molecule has 7 nitrogen and oxygen atoms in total. The Balaban J connectivity index is 0.722. The fraction of sp³-hybridized carbons (Fsp3) is 0.710. The Kier molecular flexibility index (Phi) is 14.3. The predicted molar refractivity (Wildman–Crippen MR) is 282 cm³/mol. The van der Waals surface area contributed by atoms with Crippen LogP contribution in [0.1, 0.15) is 164 Å². The van der Waals surface area contributed by atoms with E-state index in [0.29, 0.717) is 36.1 Å². The maximum Gasteiger partial charge on any atom is 0.163 e. The Morgan fingerprint density at radius 2 is 1.26 bits per heavy atom. The molecule has 13 rings (SSSR count). The molecule has 2 saturated heterocycles. The lowest BCUT2D eigenvalue weighted by molar-refractivity contribution is -0.115. The molecule has 0 amide bonds. The van der Waals surface area contributed by atoms with Crippen LogP contribution in [-0.4, -0.2) is 104 Å². The topological polar surface area (TPSA) is 56.3 Å². The molecule has 0 radical (unpaired) electrons. The van der Waals surface area contributed by atoms with Gasteiger partial charge in [0.2, 0.25) is 0 Å². The van der Waals surface area contributed by atoms with E-state index >= 15 is 0 Å². The normalized spacial score (nSPS) is 32.4. The molecule has 9 aliphatic carbocycles. The zero-order valence-electron chi connectivity index (χ0n) is 43.5. The third-order valence-corrected chi connectivity index (χ3v) is 20.4. The quantitative estimate of drug-likeness (QED) is 0.130. The van der Waals surface area contributed by atoms with E-state index in [2.05, 4.69) is 75.9 Å². The van der Waals surface area contributed by atoms with Crippen LogP contribution < -0.4 is 4.90 Å². The largest absolute Gasteiger partial charge is 0.381 e. The van der Waals surface area contributed by atoms with Crippen molar-refractivity contribution in [1.82, 2.24) is 14.7 Å². The highest BCUT2D eigenvalue weighted by atomic mass is 16.5. The molecule has 2 aliphatic heterocycles. The number of hydrogen-bond donors (Lipinski definition) is 0. The van der Waals surface area contributed by atoms with E-state index in [0.717, 1.165) is 132 Å². The molecular weight excluding hydrogens is 849 g/mol. The summed E-state index contributed by atoms with van der Waals surface area (Å²) < 4.78 is 5.77. The van der Waals surface area contributed by atoms with Gasteiger partial charge >= 0.3 is 0 Å². The number of hydrogen-bond acceptors (Lipinski definition) is 7. The first-order valence-corrected chi connectivity index (χ1v) is 28.7. The van der Waals surface area contributed by atoms with E-state index in [-0.39, 0.29) is 11.6 Å². The molecule has 10 fully saturated rings. The van der Waals surface area contributed by atoms with Crippen molar-refractivity contribution >= 4 is 17.3 Å². The van der Waals surface area contributed by atoms with Gasteiger partial charge in [-0.25, -0.2) is 0 Å². The summed E-state index contributed by atoms with van der Waals surface area (Å²) in [4.78, 5) is 38.2. The molecule has 2 aromatic carbocycles. The molecule has 8 saturated carbocycles. The van der Waals surface area contributed by atoms with Crippen LogP contribution in [0.5, 0.6) is 0 Å². The van der Waals surface area contributed by atoms with Gasteiger partial charge in [0.15, 0.2) is 11.6 Å². The van der Waals surface area contributed by atoms with Gasteiger partial charge in [-0.1, -0.05) is 35.9 Å². The minimum Gasteiger partial charge on any atom is -0.381 e. The highest BCUT2D eigenvalue weighted by Gasteiger charge is 2.52. The van der Waals surface area contributed by atoms with E-state index in [4.69, 9.17) is 4.74 Å². The zero-order valence-corrected chi connectivity index (χ0v) is 43.5. The fourth-order valence-electron chi connectivity index (χ4n) is 17.7. The lowest BCUT2D eigenvalue weighted by Gasteiger charge is -2.58. The van der Waals surface area contributed by atoms with E-state index in [1.165, 1.54) is 57.7 Å². The number of carbonyl (C=O) groups excluding carboxylic acids is 2. The lowest BCUT2D eigenvalue weighted by atomic mass is 9.48. The lowest BCUT2D eigenvalue weighted by Crippen LogP contribution is -2.50. The van der Waals surface area contributed by atoms with Gasteiger partial charge < -0.3 is 14.5 Å². The SMILES string of the molecule is CCN(c1cc(-c2ccc(CN3CCN(CCN(CCC45CC6CC(CC(C6)C4)C5)CCC45CC6CC(CC(C6)C4)C5)CC3)cc2)cc(C(=O)CCC2=C(C)C=C(C)CC2=O)c1C)C1CCOCC1. The molecule has 0 N–H and O–H groups in total. The molecule has 374 valence electrons. The molecular formula is C62H88N4O3. The molecule has 0 spiro atoms. The summed E-state index contributed by atoms with van der Waals surface area (Å²) in [5.74, 6) is 6.62. The first-order chi connectivity index (χ1) is 33.5. The van der Waals surface area contributed by atoms with Gasteiger partial charge in [-0.05, 0) is 242 Å². The van der Waals surface area contributed by atoms with Crippen LogP contribution in [0.3, 0.4) is 0 Å². The Bertz CT molecular complexity index is 2120. The van der Waals surface area contributed by atoms with Crippen LogP contribution in [0.2, 0.25) is 0 Å². The highest BCUT2D eigenvalue weighted by molar-refractivity contribution is 6.03. The van der Waals surface area contributed by atoms with Crippen molar-refractivity contribution in [2.75, 3.05) is 77.0 Å². The summed E-state index contributed by atoms with van der Waals surface area (Å²) in [6.07, 6.45) is 27.0. The van der Waals surface area contributed by atoms with Crippen LogP contribution in [0.25, 0.3) is 11.1 Å². The third-order valence-electron chi connectivity index (χ3n) is 20.4. The monoisotopic (exact) mass is 937 g/mol. The van der Waals surface area contributed by atoms with Crippen molar-refractivity contribution in [2.45, 2.75) is 162 Å². The zero-order chi connectivity index (χ0) is 47.3. The van der Waals surface area contributed by atoms with Crippen molar-refractivity contribution in [1.29, 1.82) is 0 Å². The molecule has 69 heavy (non-hydrogen) atoms. The average molecular weight is 937 g/mol. The van der Waals surface area contributed by atoms with Gasteiger partial charge in [0.25, 0.3) is 0 Å². The molecule has 0 unspecified atom stereocenters. The van der Waals surface area contributed by atoms with Gasteiger partial charge in [-0.3, -0.25) is 19.4 Å². The third kappa shape index (κ3) is 10.7.